The molecule has 3 aliphatic rings. The van der Waals surface area contributed by atoms with Gasteiger partial charge in [-0.05, 0) is 31.7 Å². The Hall–Kier alpha value is -2.45. The maximum absolute atomic E-state index is 11.7. The molecule has 5 rings (SSSR count). The first kappa shape index (κ1) is 22.3. The van der Waals surface area contributed by atoms with Crippen molar-refractivity contribution in [1.29, 1.82) is 0 Å². The maximum Gasteiger partial charge on any atom is 0.214 e. The van der Waals surface area contributed by atoms with Crippen LogP contribution in [0.4, 0.5) is 0 Å². The monoisotopic (exact) mass is 454 g/mol. The number of carbonyl (C=O) groups is 1. The molecule has 8 nitrogen and oxygen atoms in total. The number of ether oxygens (including phenoxy) is 3. The van der Waals surface area contributed by atoms with Crippen molar-refractivity contribution in [3.8, 4) is 11.6 Å². The zero-order chi connectivity index (χ0) is 22.5. The molecular formula is C25H34N4O4. The Morgan fingerprint density at radius 3 is 2.79 bits per heavy atom. The van der Waals surface area contributed by atoms with Crippen molar-refractivity contribution < 1.29 is 19.0 Å². The number of aromatic nitrogens is 3. The Morgan fingerprint density at radius 1 is 1.12 bits per heavy atom. The van der Waals surface area contributed by atoms with Crippen molar-refractivity contribution in [3.63, 3.8) is 0 Å². The molecule has 8 heteroatoms. The molecule has 178 valence electrons. The van der Waals surface area contributed by atoms with Crippen molar-refractivity contribution in [3.05, 3.63) is 35.8 Å². The summed E-state index contributed by atoms with van der Waals surface area (Å²) < 4.78 is 19.6. The molecule has 0 bridgehead atoms. The first-order valence-corrected chi connectivity index (χ1v) is 12.4. The molecule has 0 spiro atoms. The minimum Gasteiger partial charge on any atom is -0.491 e. The van der Waals surface area contributed by atoms with Crippen molar-refractivity contribution in [2.75, 3.05) is 46.1 Å². The fourth-order valence-electron chi connectivity index (χ4n) is 5.07. The molecule has 0 amide bonds. The highest BCUT2D eigenvalue weighted by Crippen LogP contribution is 2.42. The van der Waals surface area contributed by atoms with Gasteiger partial charge in [0, 0.05) is 49.4 Å². The molecule has 3 heterocycles. The molecule has 1 aliphatic heterocycles. The van der Waals surface area contributed by atoms with Gasteiger partial charge in [-0.15, -0.1) is 0 Å². The van der Waals surface area contributed by atoms with E-state index in [2.05, 4.69) is 25.7 Å². The first-order valence-electron chi connectivity index (χ1n) is 12.4. The van der Waals surface area contributed by atoms with Crippen LogP contribution in [-0.2, 0) is 4.74 Å². The van der Waals surface area contributed by atoms with E-state index < -0.39 is 0 Å². The number of pyridine rings is 1. The first-order chi connectivity index (χ1) is 16.3. The van der Waals surface area contributed by atoms with Crippen molar-refractivity contribution in [1.82, 2.24) is 19.7 Å². The van der Waals surface area contributed by atoms with E-state index in [0.717, 1.165) is 45.6 Å². The summed E-state index contributed by atoms with van der Waals surface area (Å²) in [5.74, 6) is 1.86. The van der Waals surface area contributed by atoms with Crippen LogP contribution in [0.1, 0.15) is 66.5 Å². The van der Waals surface area contributed by atoms with Gasteiger partial charge in [0.05, 0.1) is 37.6 Å². The van der Waals surface area contributed by atoms with E-state index in [9.17, 15) is 4.79 Å². The van der Waals surface area contributed by atoms with E-state index in [-0.39, 0.29) is 0 Å². The van der Waals surface area contributed by atoms with Crippen LogP contribution in [0, 0.1) is 5.92 Å². The number of carbonyl (C=O) groups excluding carboxylic acids is 1. The molecule has 2 aliphatic carbocycles. The summed E-state index contributed by atoms with van der Waals surface area (Å²) in [6.07, 6.45) is 11.6. The second-order valence-corrected chi connectivity index (χ2v) is 9.37. The van der Waals surface area contributed by atoms with Gasteiger partial charge in [-0.1, -0.05) is 12.8 Å². The Kier molecular flexibility index (Phi) is 7.21. The van der Waals surface area contributed by atoms with Gasteiger partial charge in [0.15, 0.2) is 6.29 Å². The molecule has 2 atom stereocenters. The van der Waals surface area contributed by atoms with E-state index in [1.54, 1.807) is 12.3 Å². The molecule has 0 radical (unpaired) electrons. The largest absolute Gasteiger partial charge is 0.491 e. The molecule has 2 aromatic heterocycles. The molecular weight excluding hydrogens is 420 g/mol. The van der Waals surface area contributed by atoms with E-state index >= 15 is 0 Å². The van der Waals surface area contributed by atoms with Gasteiger partial charge in [-0.3, -0.25) is 14.4 Å². The lowest BCUT2D eigenvalue weighted by atomic mass is 9.78. The standard InChI is InChI=1S/C25H34N4O4/c30-17-20-15-25(32-14-11-28-9-12-31-13-10-28)26-16-24(20)33-18-19-3-1-2-4-22(19)23-7-8-27-29(23)21-5-6-21/h7-8,15-17,19,21-22H,1-6,9-14,18H2. The summed E-state index contributed by atoms with van der Waals surface area (Å²) in [7, 11) is 0. The van der Waals surface area contributed by atoms with Crippen LogP contribution in [0.3, 0.4) is 0 Å². The number of nitrogens with zero attached hydrogens (tertiary/aromatic N) is 4. The van der Waals surface area contributed by atoms with Crippen LogP contribution in [0.15, 0.2) is 24.5 Å². The Morgan fingerprint density at radius 2 is 1.97 bits per heavy atom. The molecule has 3 fully saturated rings. The zero-order valence-electron chi connectivity index (χ0n) is 19.2. The van der Waals surface area contributed by atoms with E-state index in [0.29, 0.717) is 48.3 Å². The Bertz CT molecular complexity index is 923. The fourth-order valence-corrected chi connectivity index (χ4v) is 5.07. The third-order valence-corrected chi connectivity index (χ3v) is 7.10. The van der Waals surface area contributed by atoms with Crippen LogP contribution in [-0.4, -0.2) is 72.0 Å². The van der Waals surface area contributed by atoms with Gasteiger partial charge in [0.2, 0.25) is 5.88 Å². The highest BCUT2D eigenvalue weighted by molar-refractivity contribution is 5.79. The van der Waals surface area contributed by atoms with E-state index in [4.69, 9.17) is 14.2 Å². The number of hydrogen-bond donors (Lipinski definition) is 0. The highest BCUT2D eigenvalue weighted by Gasteiger charge is 2.33. The van der Waals surface area contributed by atoms with Gasteiger partial charge in [-0.2, -0.15) is 5.10 Å². The Labute approximate surface area is 195 Å². The average Bonchev–Trinajstić information content (AvgIpc) is 3.60. The zero-order valence-corrected chi connectivity index (χ0v) is 19.2. The van der Waals surface area contributed by atoms with E-state index in [1.807, 2.05) is 6.20 Å². The van der Waals surface area contributed by atoms with Crippen LogP contribution in [0.5, 0.6) is 11.6 Å². The minimum absolute atomic E-state index is 0.414. The summed E-state index contributed by atoms with van der Waals surface area (Å²) in [5, 5.41) is 4.59. The van der Waals surface area contributed by atoms with Gasteiger partial charge in [0.1, 0.15) is 12.4 Å². The number of hydrogen-bond acceptors (Lipinski definition) is 7. The molecule has 2 saturated carbocycles. The third kappa shape index (κ3) is 5.55. The molecule has 2 unspecified atom stereocenters. The summed E-state index contributed by atoms with van der Waals surface area (Å²) in [5.41, 5.74) is 1.84. The molecule has 0 aromatic carbocycles. The number of aldehydes is 1. The molecule has 33 heavy (non-hydrogen) atoms. The van der Waals surface area contributed by atoms with Gasteiger partial charge < -0.3 is 14.2 Å². The van der Waals surface area contributed by atoms with Gasteiger partial charge in [0.25, 0.3) is 0 Å². The Balaban J connectivity index is 1.18. The third-order valence-electron chi connectivity index (χ3n) is 7.10. The smallest absolute Gasteiger partial charge is 0.214 e. The van der Waals surface area contributed by atoms with Crippen LogP contribution in [0.25, 0.3) is 0 Å². The topological polar surface area (TPSA) is 78.7 Å². The summed E-state index contributed by atoms with van der Waals surface area (Å²) in [6.45, 7) is 5.32. The average molecular weight is 455 g/mol. The quantitative estimate of drug-likeness (QED) is 0.509. The second-order valence-electron chi connectivity index (χ2n) is 9.37. The fraction of sp³-hybridized carbons (Fsp3) is 0.640. The van der Waals surface area contributed by atoms with Crippen molar-refractivity contribution in [2.24, 2.45) is 5.92 Å². The van der Waals surface area contributed by atoms with E-state index in [1.165, 1.54) is 37.8 Å². The van der Waals surface area contributed by atoms with Gasteiger partial charge in [-0.25, -0.2) is 4.98 Å². The maximum atomic E-state index is 11.7. The van der Waals surface area contributed by atoms with Crippen LogP contribution < -0.4 is 9.47 Å². The predicted octanol–water partition coefficient (Wildman–Crippen LogP) is 3.49. The van der Waals surface area contributed by atoms with Crippen molar-refractivity contribution in [2.45, 2.75) is 50.5 Å². The van der Waals surface area contributed by atoms with Crippen molar-refractivity contribution >= 4 is 6.29 Å². The molecule has 0 N–H and O–H groups in total. The predicted molar refractivity (Wildman–Crippen MR) is 123 cm³/mol. The summed E-state index contributed by atoms with van der Waals surface area (Å²) in [6, 6.07) is 4.45. The van der Waals surface area contributed by atoms with Crippen LogP contribution in [0.2, 0.25) is 0 Å². The minimum atomic E-state index is 0.414. The molecule has 1 saturated heterocycles. The van der Waals surface area contributed by atoms with Crippen LogP contribution >= 0.6 is 0 Å². The lowest BCUT2D eigenvalue weighted by Gasteiger charge is -2.32. The number of morpholine rings is 1. The molecule has 2 aromatic rings. The lowest BCUT2D eigenvalue weighted by Crippen LogP contribution is -2.38. The normalized spacial score (nSPS) is 23.9. The second kappa shape index (κ2) is 10.7. The highest BCUT2D eigenvalue weighted by atomic mass is 16.5. The summed E-state index contributed by atoms with van der Waals surface area (Å²) in [4.78, 5) is 18.4. The lowest BCUT2D eigenvalue weighted by molar-refractivity contribution is 0.0320. The summed E-state index contributed by atoms with van der Waals surface area (Å²) >= 11 is 0. The SMILES string of the molecule is O=Cc1cc(OCCN2CCOCC2)ncc1OCC1CCCCC1c1ccnn1C1CC1. The van der Waals surface area contributed by atoms with Gasteiger partial charge >= 0.3 is 0 Å². The number of rotatable bonds is 10.